The molecule has 1 aliphatic rings. The van der Waals surface area contributed by atoms with Gasteiger partial charge in [0.15, 0.2) is 0 Å². The monoisotopic (exact) mass is 339 g/mol. The summed E-state index contributed by atoms with van der Waals surface area (Å²) in [5.74, 6) is 1.21. The van der Waals surface area contributed by atoms with E-state index in [9.17, 15) is 9.59 Å². The van der Waals surface area contributed by atoms with Crippen LogP contribution in [0.25, 0.3) is 0 Å². The van der Waals surface area contributed by atoms with Crippen LogP contribution < -0.4 is 0 Å². The van der Waals surface area contributed by atoms with E-state index >= 15 is 0 Å². The second-order valence-corrected chi connectivity index (χ2v) is 7.53. The van der Waals surface area contributed by atoms with Crippen LogP contribution in [0, 0.1) is 5.92 Å². The molecule has 1 saturated heterocycles. The lowest BCUT2D eigenvalue weighted by Gasteiger charge is -2.24. The van der Waals surface area contributed by atoms with Gasteiger partial charge < -0.3 is 14.4 Å². The van der Waals surface area contributed by atoms with Crippen molar-refractivity contribution in [3.8, 4) is 0 Å². The highest BCUT2D eigenvalue weighted by molar-refractivity contribution is 5.76. The van der Waals surface area contributed by atoms with Crippen molar-refractivity contribution in [1.29, 1.82) is 0 Å². The number of carbonyl (C=O) groups is 2. The molecule has 0 radical (unpaired) electrons. The average Bonchev–Trinajstić information content (AvgIpc) is 2.89. The first-order valence-corrected chi connectivity index (χ1v) is 9.82. The maximum Gasteiger partial charge on any atom is 0.222 e. The van der Waals surface area contributed by atoms with Gasteiger partial charge in [0, 0.05) is 26.5 Å². The molecule has 1 fully saturated rings. The summed E-state index contributed by atoms with van der Waals surface area (Å²) in [7, 11) is 1.71. The Labute approximate surface area is 148 Å². The van der Waals surface area contributed by atoms with Crippen LogP contribution in [-0.4, -0.2) is 42.9 Å². The number of amides is 1. The van der Waals surface area contributed by atoms with Gasteiger partial charge in [-0.1, -0.05) is 45.4 Å². The molecule has 0 N–H and O–H groups in total. The highest BCUT2D eigenvalue weighted by Gasteiger charge is 2.32. The molecule has 4 heteroatoms. The van der Waals surface area contributed by atoms with Crippen LogP contribution in [-0.2, 0) is 14.3 Å². The van der Waals surface area contributed by atoms with Crippen molar-refractivity contribution in [2.75, 3.05) is 20.3 Å². The lowest BCUT2D eigenvalue weighted by atomic mass is 10.1. The van der Waals surface area contributed by atoms with Crippen molar-refractivity contribution >= 4 is 11.7 Å². The van der Waals surface area contributed by atoms with Gasteiger partial charge in [0.05, 0.1) is 12.6 Å². The lowest BCUT2D eigenvalue weighted by Crippen LogP contribution is -2.38. The Bertz CT molecular complexity index is 370. The van der Waals surface area contributed by atoms with Gasteiger partial charge in [-0.3, -0.25) is 4.79 Å². The molecule has 1 rings (SSSR count). The van der Waals surface area contributed by atoms with E-state index in [1.165, 1.54) is 32.1 Å². The van der Waals surface area contributed by atoms with Crippen LogP contribution in [0.1, 0.15) is 84.5 Å². The van der Waals surface area contributed by atoms with E-state index in [1.807, 2.05) is 4.90 Å². The molecule has 24 heavy (non-hydrogen) atoms. The molecular weight excluding hydrogens is 302 g/mol. The third kappa shape index (κ3) is 8.81. The van der Waals surface area contributed by atoms with E-state index in [0.717, 1.165) is 38.6 Å². The zero-order valence-corrected chi connectivity index (χ0v) is 16.0. The van der Waals surface area contributed by atoms with Crippen molar-refractivity contribution in [3.05, 3.63) is 0 Å². The molecule has 1 aliphatic heterocycles. The van der Waals surface area contributed by atoms with Gasteiger partial charge in [0.25, 0.3) is 0 Å². The molecule has 0 bridgehead atoms. The molecule has 0 saturated carbocycles. The highest BCUT2D eigenvalue weighted by Crippen LogP contribution is 2.24. The summed E-state index contributed by atoms with van der Waals surface area (Å²) in [5, 5.41) is 0. The van der Waals surface area contributed by atoms with Crippen LogP contribution in [0.5, 0.6) is 0 Å². The zero-order chi connectivity index (χ0) is 17.8. The summed E-state index contributed by atoms with van der Waals surface area (Å²) in [4.78, 5) is 25.3. The molecule has 0 spiro atoms. The van der Waals surface area contributed by atoms with E-state index < -0.39 is 0 Å². The fourth-order valence-electron chi connectivity index (χ4n) is 3.66. The van der Waals surface area contributed by atoms with Crippen molar-refractivity contribution in [2.45, 2.75) is 90.5 Å². The second-order valence-electron chi connectivity index (χ2n) is 7.53. The number of ether oxygens (including phenoxy) is 1. The Balaban J connectivity index is 2.00. The van der Waals surface area contributed by atoms with Crippen LogP contribution in [0.4, 0.5) is 0 Å². The van der Waals surface area contributed by atoms with Gasteiger partial charge >= 0.3 is 0 Å². The van der Waals surface area contributed by atoms with E-state index in [1.54, 1.807) is 14.0 Å². The molecule has 0 unspecified atom stereocenters. The Hall–Kier alpha value is -0.900. The number of hydrogen-bond acceptors (Lipinski definition) is 3. The molecule has 0 aromatic heterocycles. The van der Waals surface area contributed by atoms with Gasteiger partial charge in [-0.2, -0.15) is 0 Å². The SMILES string of the molecule is COC[C@@H]1C[C@@H](C)CN1C(=O)CCCCCCCCCCC(C)=O. The first-order chi connectivity index (χ1) is 11.5. The number of likely N-dealkylation sites (tertiary alicyclic amines) is 1. The minimum atomic E-state index is 0.285. The van der Waals surface area contributed by atoms with Gasteiger partial charge in [0.1, 0.15) is 5.78 Å². The fraction of sp³-hybridized carbons (Fsp3) is 0.900. The average molecular weight is 340 g/mol. The quantitative estimate of drug-likeness (QED) is 0.468. The summed E-state index contributed by atoms with van der Waals surface area (Å²) >= 11 is 0. The highest BCUT2D eigenvalue weighted by atomic mass is 16.5. The number of ketones is 1. The smallest absolute Gasteiger partial charge is 0.222 e. The summed E-state index contributed by atoms with van der Waals surface area (Å²) in [5.41, 5.74) is 0. The van der Waals surface area contributed by atoms with Crippen LogP contribution in [0.15, 0.2) is 0 Å². The van der Waals surface area contributed by atoms with Crippen LogP contribution >= 0.6 is 0 Å². The predicted octanol–water partition coefficient (Wildman–Crippen LogP) is 4.36. The number of carbonyl (C=O) groups excluding carboxylic acids is 2. The minimum Gasteiger partial charge on any atom is -0.383 e. The number of Topliss-reactive ketones (excluding diaryl/α,β-unsaturated/α-hetero) is 1. The number of methoxy groups -OCH3 is 1. The molecule has 0 aromatic carbocycles. The summed E-state index contributed by atoms with van der Waals surface area (Å²) < 4.78 is 5.25. The summed E-state index contributed by atoms with van der Waals surface area (Å²) in [6.45, 7) is 5.45. The Morgan fingerprint density at radius 2 is 1.50 bits per heavy atom. The normalized spacial score (nSPS) is 20.5. The maximum absolute atomic E-state index is 12.4. The zero-order valence-electron chi connectivity index (χ0n) is 16.0. The van der Waals surface area contributed by atoms with Gasteiger partial charge in [0.2, 0.25) is 5.91 Å². The first-order valence-electron chi connectivity index (χ1n) is 9.82. The molecule has 0 aliphatic carbocycles. The van der Waals surface area contributed by atoms with E-state index in [0.29, 0.717) is 30.6 Å². The van der Waals surface area contributed by atoms with Gasteiger partial charge in [-0.15, -0.1) is 0 Å². The molecular formula is C20H37NO3. The Morgan fingerprint density at radius 3 is 2.04 bits per heavy atom. The summed E-state index contributed by atoms with van der Waals surface area (Å²) in [6, 6.07) is 0.285. The number of unbranched alkanes of at least 4 members (excludes halogenated alkanes) is 7. The topological polar surface area (TPSA) is 46.6 Å². The van der Waals surface area contributed by atoms with Crippen molar-refractivity contribution < 1.29 is 14.3 Å². The number of hydrogen-bond donors (Lipinski definition) is 0. The maximum atomic E-state index is 12.4. The van der Waals surface area contributed by atoms with Gasteiger partial charge in [-0.25, -0.2) is 0 Å². The van der Waals surface area contributed by atoms with Crippen molar-refractivity contribution in [2.24, 2.45) is 5.92 Å². The Kier molecular flexibility index (Phi) is 11.0. The van der Waals surface area contributed by atoms with E-state index in [-0.39, 0.29) is 6.04 Å². The standard InChI is InChI=1S/C20H37NO3/c1-17-14-19(16-24-3)21(15-17)20(23)13-11-9-7-5-4-6-8-10-12-18(2)22/h17,19H,4-16H2,1-3H3/t17-,19+/m1/s1. The van der Waals surface area contributed by atoms with E-state index in [2.05, 4.69) is 6.92 Å². The third-order valence-corrected chi connectivity index (χ3v) is 4.97. The van der Waals surface area contributed by atoms with Crippen LogP contribution in [0.2, 0.25) is 0 Å². The number of rotatable bonds is 13. The van der Waals surface area contributed by atoms with E-state index in [4.69, 9.17) is 4.74 Å². The minimum absolute atomic E-state index is 0.285. The Morgan fingerprint density at radius 1 is 0.958 bits per heavy atom. The largest absolute Gasteiger partial charge is 0.383 e. The molecule has 4 nitrogen and oxygen atoms in total. The molecule has 2 atom stereocenters. The summed E-state index contributed by atoms with van der Waals surface area (Å²) in [6.07, 6.45) is 11.8. The van der Waals surface area contributed by atoms with Crippen molar-refractivity contribution in [1.82, 2.24) is 4.90 Å². The second kappa shape index (κ2) is 12.5. The molecule has 0 aromatic rings. The first kappa shape index (κ1) is 21.1. The van der Waals surface area contributed by atoms with Crippen molar-refractivity contribution in [3.63, 3.8) is 0 Å². The number of nitrogens with zero attached hydrogens (tertiary/aromatic N) is 1. The molecule has 140 valence electrons. The lowest BCUT2D eigenvalue weighted by molar-refractivity contribution is -0.133. The molecule has 1 heterocycles. The van der Waals surface area contributed by atoms with Gasteiger partial charge in [-0.05, 0) is 32.1 Å². The predicted molar refractivity (Wildman–Crippen MR) is 98.0 cm³/mol. The fourth-order valence-corrected chi connectivity index (χ4v) is 3.66. The van der Waals surface area contributed by atoms with Crippen LogP contribution in [0.3, 0.4) is 0 Å². The molecule has 1 amide bonds. The third-order valence-electron chi connectivity index (χ3n) is 4.97.